The highest BCUT2D eigenvalue weighted by atomic mass is 16.5. The Morgan fingerprint density at radius 3 is 2.89 bits per heavy atom. The molecule has 3 heterocycles. The van der Waals surface area contributed by atoms with E-state index in [1.807, 2.05) is 6.92 Å². The third kappa shape index (κ3) is 1.77. The second-order valence-electron chi connectivity index (χ2n) is 5.63. The number of ether oxygens (including phenoxy) is 1. The topological polar surface area (TPSA) is 60.2 Å². The monoisotopic (exact) mass is 251 g/mol. The molecule has 0 aromatic carbocycles. The van der Waals surface area contributed by atoms with E-state index in [0.29, 0.717) is 23.8 Å². The average Bonchev–Trinajstić information content (AvgIpc) is 3.12. The minimum Gasteiger partial charge on any atom is -0.370 e. The quantitative estimate of drug-likeness (QED) is 0.886. The molecule has 2 aliphatic heterocycles. The lowest BCUT2D eigenvalue weighted by atomic mass is 9.89. The Morgan fingerprint density at radius 1 is 1.50 bits per heavy atom. The van der Waals surface area contributed by atoms with Gasteiger partial charge in [-0.3, -0.25) is 0 Å². The molecule has 1 N–H and O–H groups in total. The number of methoxy groups -OCH3 is 1. The second-order valence-corrected chi connectivity index (χ2v) is 5.63. The zero-order valence-corrected chi connectivity index (χ0v) is 11.3. The van der Waals surface area contributed by atoms with E-state index < -0.39 is 5.60 Å². The number of hydrogen-bond donors (Lipinski definition) is 1. The molecule has 3 rings (SSSR count). The van der Waals surface area contributed by atoms with Crippen LogP contribution in [0.5, 0.6) is 0 Å². The Bertz CT molecular complexity index is 428. The second kappa shape index (κ2) is 4.31. The van der Waals surface area contributed by atoms with Crippen molar-refractivity contribution in [2.45, 2.75) is 63.1 Å². The van der Waals surface area contributed by atoms with Crippen LogP contribution in [0.3, 0.4) is 0 Å². The SMILES string of the molecule is CCC(C)(OC)c1noc(C2CC3CCC2N3)n1. The molecule has 0 spiro atoms. The molecule has 0 amide bonds. The van der Waals surface area contributed by atoms with Crippen LogP contribution in [0.1, 0.15) is 57.2 Å². The van der Waals surface area contributed by atoms with Crippen molar-refractivity contribution in [1.82, 2.24) is 15.5 Å². The van der Waals surface area contributed by atoms with Crippen molar-refractivity contribution in [2.24, 2.45) is 0 Å². The maximum absolute atomic E-state index is 5.51. The van der Waals surface area contributed by atoms with Crippen molar-refractivity contribution in [1.29, 1.82) is 0 Å². The first kappa shape index (κ1) is 12.1. The lowest BCUT2D eigenvalue weighted by molar-refractivity contribution is -0.0106. The summed E-state index contributed by atoms with van der Waals surface area (Å²) in [6.45, 7) is 4.07. The van der Waals surface area contributed by atoms with Gasteiger partial charge in [-0.05, 0) is 32.6 Å². The van der Waals surface area contributed by atoms with Crippen molar-refractivity contribution >= 4 is 0 Å². The zero-order valence-electron chi connectivity index (χ0n) is 11.3. The maximum atomic E-state index is 5.51. The van der Waals surface area contributed by atoms with E-state index >= 15 is 0 Å². The fourth-order valence-corrected chi connectivity index (χ4v) is 3.09. The molecule has 2 bridgehead atoms. The number of aromatic nitrogens is 2. The number of fused-ring (bicyclic) bond motifs is 2. The van der Waals surface area contributed by atoms with E-state index in [9.17, 15) is 0 Å². The highest BCUT2D eigenvalue weighted by molar-refractivity contribution is 5.11. The van der Waals surface area contributed by atoms with Crippen LogP contribution < -0.4 is 5.32 Å². The van der Waals surface area contributed by atoms with Crippen molar-refractivity contribution < 1.29 is 9.26 Å². The molecule has 5 heteroatoms. The maximum Gasteiger partial charge on any atom is 0.231 e. The molecule has 4 atom stereocenters. The molecular weight excluding hydrogens is 230 g/mol. The van der Waals surface area contributed by atoms with Gasteiger partial charge in [0, 0.05) is 19.2 Å². The molecule has 2 fully saturated rings. The van der Waals surface area contributed by atoms with Crippen molar-refractivity contribution in [3.63, 3.8) is 0 Å². The largest absolute Gasteiger partial charge is 0.370 e. The highest BCUT2D eigenvalue weighted by Gasteiger charge is 2.43. The van der Waals surface area contributed by atoms with Crippen LogP contribution >= 0.6 is 0 Å². The molecule has 2 aliphatic rings. The summed E-state index contributed by atoms with van der Waals surface area (Å²) in [6, 6.07) is 1.18. The van der Waals surface area contributed by atoms with Crippen molar-refractivity contribution in [2.75, 3.05) is 7.11 Å². The van der Waals surface area contributed by atoms with E-state index in [0.717, 1.165) is 18.7 Å². The number of rotatable bonds is 4. The third-order valence-electron chi connectivity index (χ3n) is 4.66. The van der Waals surface area contributed by atoms with Crippen LogP contribution in [-0.2, 0) is 10.3 Å². The van der Waals surface area contributed by atoms with Gasteiger partial charge >= 0.3 is 0 Å². The molecule has 0 radical (unpaired) electrons. The minimum absolute atomic E-state index is 0.392. The Balaban J connectivity index is 1.81. The Kier molecular flexibility index (Phi) is 2.90. The van der Waals surface area contributed by atoms with Gasteiger partial charge in [-0.1, -0.05) is 12.1 Å². The number of hydrogen-bond acceptors (Lipinski definition) is 5. The first-order valence-electron chi connectivity index (χ1n) is 6.81. The van der Waals surface area contributed by atoms with Gasteiger partial charge < -0.3 is 14.6 Å². The van der Waals surface area contributed by atoms with Gasteiger partial charge in [0.25, 0.3) is 0 Å². The van der Waals surface area contributed by atoms with Crippen LogP contribution in [0.15, 0.2) is 4.52 Å². The van der Waals surface area contributed by atoms with Crippen LogP contribution in [0.4, 0.5) is 0 Å². The fourth-order valence-electron chi connectivity index (χ4n) is 3.09. The van der Waals surface area contributed by atoms with Gasteiger partial charge in [-0.15, -0.1) is 0 Å². The third-order valence-corrected chi connectivity index (χ3v) is 4.66. The van der Waals surface area contributed by atoms with Crippen LogP contribution in [0, 0.1) is 0 Å². The molecule has 100 valence electrons. The van der Waals surface area contributed by atoms with Crippen LogP contribution in [0.2, 0.25) is 0 Å². The molecule has 1 aromatic rings. The van der Waals surface area contributed by atoms with Gasteiger partial charge in [-0.2, -0.15) is 4.98 Å². The Hall–Kier alpha value is -0.940. The summed E-state index contributed by atoms with van der Waals surface area (Å²) in [4.78, 5) is 4.58. The Morgan fingerprint density at radius 2 is 2.33 bits per heavy atom. The standard InChI is InChI=1S/C13H21N3O2/c1-4-13(2,17-3)12-15-11(18-16-12)9-7-8-5-6-10(9)14-8/h8-10,14H,4-7H2,1-3H3. The lowest BCUT2D eigenvalue weighted by Crippen LogP contribution is -2.25. The zero-order chi connectivity index (χ0) is 12.8. The average molecular weight is 251 g/mol. The first-order chi connectivity index (χ1) is 8.66. The summed E-state index contributed by atoms with van der Waals surface area (Å²) in [7, 11) is 1.69. The summed E-state index contributed by atoms with van der Waals surface area (Å²) in [6.07, 6.45) is 4.47. The molecule has 1 aromatic heterocycles. The fraction of sp³-hybridized carbons (Fsp3) is 0.846. The molecule has 2 saturated heterocycles. The predicted octanol–water partition coefficient (Wildman–Crippen LogP) is 1.95. The minimum atomic E-state index is -0.438. The van der Waals surface area contributed by atoms with E-state index in [1.54, 1.807) is 7.11 Å². The smallest absolute Gasteiger partial charge is 0.231 e. The van der Waals surface area contributed by atoms with Gasteiger partial charge in [-0.25, -0.2) is 0 Å². The molecule has 5 nitrogen and oxygen atoms in total. The van der Waals surface area contributed by atoms with Gasteiger partial charge in [0.15, 0.2) is 0 Å². The summed E-state index contributed by atoms with van der Waals surface area (Å²) >= 11 is 0. The molecule has 4 unspecified atom stereocenters. The van der Waals surface area contributed by atoms with E-state index in [-0.39, 0.29) is 0 Å². The van der Waals surface area contributed by atoms with Crippen LogP contribution in [0.25, 0.3) is 0 Å². The summed E-state index contributed by atoms with van der Waals surface area (Å²) in [5, 5.41) is 7.71. The summed E-state index contributed by atoms with van der Waals surface area (Å²) in [5.74, 6) is 1.84. The van der Waals surface area contributed by atoms with Gasteiger partial charge in [0.2, 0.25) is 11.7 Å². The van der Waals surface area contributed by atoms with Crippen LogP contribution in [-0.4, -0.2) is 29.3 Å². The summed E-state index contributed by atoms with van der Waals surface area (Å²) in [5.41, 5.74) is -0.438. The predicted molar refractivity (Wildman–Crippen MR) is 66.3 cm³/mol. The highest BCUT2D eigenvalue weighted by Crippen LogP contribution is 2.39. The molecule has 0 saturated carbocycles. The first-order valence-corrected chi connectivity index (χ1v) is 6.81. The molecule has 0 aliphatic carbocycles. The van der Waals surface area contributed by atoms with Gasteiger partial charge in [0.1, 0.15) is 5.60 Å². The molecule has 18 heavy (non-hydrogen) atoms. The van der Waals surface area contributed by atoms with E-state index in [4.69, 9.17) is 9.26 Å². The summed E-state index contributed by atoms with van der Waals surface area (Å²) < 4.78 is 11.0. The van der Waals surface area contributed by atoms with Crippen molar-refractivity contribution in [3.8, 4) is 0 Å². The Labute approximate surface area is 107 Å². The van der Waals surface area contributed by atoms with Crippen molar-refractivity contribution in [3.05, 3.63) is 11.7 Å². The lowest BCUT2D eigenvalue weighted by Gasteiger charge is -2.22. The van der Waals surface area contributed by atoms with E-state index in [2.05, 4.69) is 22.4 Å². The van der Waals surface area contributed by atoms with E-state index in [1.165, 1.54) is 12.8 Å². The molecular formula is C13H21N3O2. The normalized spacial score (nSPS) is 33.8. The number of nitrogens with one attached hydrogen (secondary N) is 1. The van der Waals surface area contributed by atoms with Gasteiger partial charge in [0.05, 0.1) is 5.92 Å². The number of nitrogens with zero attached hydrogens (tertiary/aromatic N) is 2.